The number of rotatable bonds is 24. The molecule has 0 radical (unpaired) electrons. The predicted octanol–water partition coefficient (Wildman–Crippen LogP) is -1.26. The van der Waals surface area contributed by atoms with Gasteiger partial charge in [0.1, 0.15) is 0 Å². The van der Waals surface area contributed by atoms with E-state index in [1.54, 1.807) is 0 Å². The summed E-state index contributed by atoms with van der Waals surface area (Å²) in [6.07, 6.45) is 20.4. The van der Waals surface area contributed by atoms with Crippen molar-refractivity contribution < 1.29 is 108 Å². The molecular weight excluding hydrogens is 501 g/mol. The number of hydrogen-bond acceptors (Lipinski definition) is 5. The second-order valence-corrected chi connectivity index (χ2v) is 12.7. The van der Waals surface area contributed by atoms with E-state index in [4.69, 9.17) is 4.18 Å². The summed E-state index contributed by atoms with van der Waals surface area (Å²) in [6.45, 7) is 4.36. The van der Waals surface area contributed by atoms with Gasteiger partial charge in [-0.1, -0.05) is 129 Å². The van der Waals surface area contributed by atoms with Crippen molar-refractivity contribution in [3.8, 4) is 0 Å². The molecular formula is C24H53LiNa2O6S2. The molecule has 1 atom stereocenters. The van der Waals surface area contributed by atoms with Crippen LogP contribution in [0.25, 0.3) is 0 Å². The molecule has 0 aromatic heterocycles. The average molecular weight is 555 g/mol. The molecule has 0 aliphatic heterocycles. The van der Waals surface area contributed by atoms with Crippen LogP contribution in [0.4, 0.5) is 0 Å². The third-order valence-electron chi connectivity index (χ3n) is 5.94. The third kappa shape index (κ3) is 27.8. The fourth-order valence-corrected chi connectivity index (χ4v) is 6.68. The van der Waals surface area contributed by atoms with Crippen molar-refractivity contribution in [3.05, 3.63) is 0 Å². The Labute approximate surface area is 278 Å². The van der Waals surface area contributed by atoms with Crippen LogP contribution in [0.5, 0.6) is 0 Å². The van der Waals surface area contributed by atoms with E-state index < -0.39 is 24.8 Å². The Hall–Kier alpha value is 2.42. The first kappa shape index (κ1) is 44.4. The SMILES string of the molecule is CCCCCCCCCCCCOS(=O)(=O)C(CCCCCCCCCCC)S(=O)(=O)O.[H-].[H-].[H-].[Li+].[Na+].[Na+]. The zero-order valence-corrected chi connectivity index (χ0v) is 29.4. The Morgan fingerprint density at radius 2 is 0.914 bits per heavy atom. The van der Waals surface area contributed by atoms with E-state index in [1.807, 2.05) is 0 Å². The van der Waals surface area contributed by atoms with E-state index in [0.29, 0.717) is 12.8 Å². The summed E-state index contributed by atoms with van der Waals surface area (Å²) in [5.41, 5.74) is 0. The van der Waals surface area contributed by atoms with Gasteiger partial charge in [-0.3, -0.25) is 8.74 Å². The average Bonchev–Trinajstić information content (AvgIpc) is 2.72. The minimum Gasteiger partial charge on any atom is -1.00 e. The van der Waals surface area contributed by atoms with Crippen molar-refractivity contribution in [1.82, 2.24) is 0 Å². The minimum atomic E-state index is -4.71. The van der Waals surface area contributed by atoms with E-state index in [0.717, 1.165) is 44.9 Å². The molecule has 0 aliphatic carbocycles. The van der Waals surface area contributed by atoms with Crippen molar-refractivity contribution in [3.63, 3.8) is 0 Å². The van der Waals surface area contributed by atoms with Gasteiger partial charge in [-0.05, 0) is 12.8 Å². The molecule has 1 N–H and O–H groups in total. The monoisotopic (exact) mass is 554 g/mol. The van der Waals surface area contributed by atoms with E-state index >= 15 is 0 Å². The molecule has 200 valence electrons. The number of hydrogen-bond donors (Lipinski definition) is 1. The molecule has 0 aliphatic rings. The summed E-state index contributed by atoms with van der Waals surface area (Å²) in [5, 5.41) is 0. The Morgan fingerprint density at radius 1 is 0.600 bits per heavy atom. The van der Waals surface area contributed by atoms with E-state index in [-0.39, 0.29) is 95.3 Å². The summed E-state index contributed by atoms with van der Waals surface area (Å²) in [5.74, 6) is 0. The molecule has 0 bridgehead atoms. The molecule has 35 heavy (non-hydrogen) atoms. The molecule has 0 rings (SSSR count). The van der Waals surface area contributed by atoms with Crippen molar-refractivity contribution in [1.29, 1.82) is 0 Å². The summed E-state index contributed by atoms with van der Waals surface area (Å²) < 4.78 is 60.5. The predicted molar refractivity (Wildman–Crippen MR) is 137 cm³/mol. The summed E-state index contributed by atoms with van der Waals surface area (Å²) in [6, 6.07) is 0. The van der Waals surface area contributed by atoms with Crippen molar-refractivity contribution in [2.45, 2.75) is 147 Å². The van der Waals surface area contributed by atoms with Gasteiger partial charge in [0.25, 0.3) is 20.2 Å². The molecule has 0 amide bonds. The van der Waals surface area contributed by atoms with Gasteiger partial charge in [-0.15, -0.1) is 0 Å². The van der Waals surface area contributed by atoms with Crippen molar-refractivity contribution in [2.24, 2.45) is 0 Å². The first-order valence-electron chi connectivity index (χ1n) is 13.1. The molecule has 0 spiro atoms. The van der Waals surface area contributed by atoms with E-state index in [2.05, 4.69) is 13.8 Å². The molecule has 0 heterocycles. The Kier molecular flexibility index (Phi) is 37.3. The Bertz CT molecular complexity index is 649. The topological polar surface area (TPSA) is 97.7 Å². The van der Waals surface area contributed by atoms with Crippen LogP contribution in [0, 0.1) is 0 Å². The van der Waals surface area contributed by atoms with E-state index in [1.165, 1.54) is 64.2 Å². The standard InChI is InChI=1S/C24H50O6S2.Li.2Na.3H/c1-3-5-7-9-11-13-15-17-19-21-23-30-32(28,29)24(31(25,26)27)22-20-18-16-14-12-10-8-6-4-2;;;;;;/h24H,3-23H2,1-2H3,(H,25,26,27);;;;;;/q;3*+1;3*-1. The smallest absolute Gasteiger partial charge is 1.00 e. The maximum Gasteiger partial charge on any atom is 1.00 e. The van der Waals surface area contributed by atoms with Gasteiger partial charge in [-0.2, -0.15) is 16.8 Å². The molecule has 0 saturated heterocycles. The maximum absolute atomic E-state index is 12.3. The van der Waals surface area contributed by atoms with Gasteiger partial charge >= 0.3 is 78.0 Å². The van der Waals surface area contributed by atoms with Crippen molar-refractivity contribution >= 4 is 20.2 Å². The summed E-state index contributed by atoms with van der Waals surface area (Å²) >= 11 is 0. The minimum absolute atomic E-state index is 0. The Balaban J connectivity index is -0.000000320. The second kappa shape index (κ2) is 29.4. The molecule has 0 fully saturated rings. The Morgan fingerprint density at radius 3 is 1.26 bits per heavy atom. The molecule has 11 heteroatoms. The first-order chi connectivity index (χ1) is 15.3. The van der Waals surface area contributed by atoms with Crippen LogP contribution in [0.2, 0.25) is 0 Å². The quantitative estimate of drug-likeness (QED) is 0.0693. The molecule has 6 nitrogen and oxygen atoms in total. The van der Waals surface area contributed by atoms with Crippen LogP contribution < -0.4 is 78.0 Å². The molecule has 1 unspecified atom stereocenters. The molecule has 0 aromatic carbocycles. The fourth-order valence-electron chi connectivity index (χ4n) is 3.90. The van der Waals surface area contributed by atoms with Gasteiger partial charge in [0.15, 0.2) is 0 Å². The van der Waals surface area contributed by atoms with Crippen LogP contribution in [-0.4, -0.2) is 32.6 Å². The van der Waals surface area contributed by atoms with Crippen LogP contribution in [0.15, 0.2) is 0 Å². The van der Waals surface area contributed by atoms with Gasteiger partial charge in [0, 0.05) is 0 Å². The molecule has 0 saturated carbocycles. The van der Waals surface area contributed by atoms with Gasteiger partial charge < -0.3 is 4.28 Å². The van der Waals surface area contributed by atoms with Crippen LogP contribution in [0.1, 0.15) is 147 Å². The zero-order valence-electron chi connectivity index (χ0n) is 26.7. The molecule has 0 aromatic rings. The second-order valence-electron chi connectivity index (χ2n) is 9.06. The maximum atomic E-state index is 12.3. The van der Waals surface area contributed by atoms with Gasteiger partial charge in [-0.25, -0.2) is 0 Å². The third-order valence-corrected chi connectivity index (χ3v) is 9.65. The van der Waals surface area contributed by atoms with Gasteiger partial charge in [0.05, 0.1) is 6.61 Å². The number of unbranched alkanes of at least 4 members (excludes halogenated alkanes) is 17. The summed E-state index contributed by atoms with van der Waals surface area (Å²) in [4.78, 5) is 0. The van der Waals surface area contributed by atoms with Crippen LogP contribution in [-0.2, 0) is 24.4 Å². The zero-order chi connectivity index (χ0) is 24.1. The first-order valence-corrected chi connectivity index (χ1v) is 16.1. The largest absolute Gasteiger partial charge is 1.00 e. The normalized spacial score (nSPS) is 12.3. The van der Waals surface area contributed by atoms with Gasteiger partial charge in [0.2, 0.25) is 4.58 Å². The fraction of sp³-hybridized carbons (Fsp3) is 1.00. The van der Waals surface area contributed by atoms with Crippen molar-refractivity contribution in [2.75, 3.05) is 6.61 Å². The van der Waals surface area contributed by atoms with Crippen LogP contribution >= 0.6 is 0 Å². The van der Waals surface area contributed by atoms with Crippen LogP contribution in [0.3, 0.4) is 0 Å². The summed E-state index contributed by atoms with van der Waals surface area (Å²) in [7, 11) is -9.04. The van der Waals surface area contributed by atoms with E-state index in [9.17, 15) is 21.4 Å².